The van der Waals surface area contributed by atoms with E-state index >= 15 is 0 Å². The summed E-state index contributed by atoms with van der Waals surface area (Å²) in [5.41, 5.74) is 0.433. The third-order valence-electron chi connectivity index (χ3n) is 2.74. The van der Waals surface area contributed by atoms with Crippen molar-refractivity contribution in [3.63, 3.8) is 0 Å². The molecule has 1 aromatic carbocycles. The second kappa shape index (κ2) is 10.2. The Morgan fingerprint density at radius 1 is 1.27 bits per heavy atom. The molecule has 0 saturated heterocycles. The minimum Gasteiger partial charge on any atom is -0.381 e. The van der Waals surface area contributed by atoms with Gasteiger partial charge in [-0.15, -0.1) is 0 Å². The van der Waals surface area contributed by atoms with Crippen molar-refractivity contribution >= 4 is 23.4 Å². The molecule has 0 radical (unpaired) electrons. The quantitative estimate of drug-likeness (QED) is 0.684. The maximum atomic E-state index is 11.8. The molecule has 0 spiro atoms. The number of amides is 2. The van der Waals surface area contributed by atoms with Gasteiger partial charge in [0.15, 0.2) is 0 Å². The van der Waals surface area contributed by atoms with Crippen molar-refractivity contribution in [3.8, 4) is 0 Å². The number of nitrogens with one attached hydrogen (secondary N) is 2. The molecule has 0 saturated carbocycles. The Labute approximate surface area is 136 Å². The highest BCUT2D eigenvalue weighted by Crippen LogP contribution is 2.10. The number of benzene rings is 1. The molecule has 0 aliphatic rings. The maximum absolute atomic E-state index is 11.8. The number of carbonyl (C=O) groups excluding carboxylic acids is 2. The lowest BCUT2D eigenvalue weighted by molar-refractivity contribution is -0.120. The van der Waals surface area contributed by atoms with E-state index in [9.17, 15) is 9.59 Å². The van der Waals surface area contributed by atoms with Gasteiger partial charge in [-0.25, -0.2) is 0 Å². The molecule has 0 unspecified atom stereocenters. The van der Waals surface area contributed by atoms with Crippen LogP contribution < -0.4 is 10.6 Å². The molecule has 2 N–H and O–H groups in total. The van der Waals surface area contributed by atoms with Crippen LogP contribution in [0.5, 0.6) is 0 Å². The number of hydrogen-bond acceptors (Lipinski definition) is 3. The van der Waals surface area contributed by atoms with Crippen molar-refractivity contribution in [1.82, 2.24) is 10.6 Å². The lowest BCUT2D eigenvalue weighted by Gasteiger charge is -2.08. The van der Waals surface area contributed by atoms with Gasteiger partial charge in [-0.3, -0.25) is 9.59 Å². The largest absolute Gasteiger partial charge is 0.381 e. The second-order valence-corrected chi connectivity index (χ2v) is 5.80. The van der Waals surface area contributed by atoms with Crippen LogP contribution in [0.15, 0.2) is 24.3 Å². The van der Waals surface area contributed by atoms with Gasteiger partial charge in [0.25, 0.3) is 5.91 Å². The fourth-order valence-electron chi connectivity index (χ4n) is 1.68. The number of carbonyl (C=O) groups is 2. The summed E-state index contributed by atoms with van der Waals surface area (Å²) in [6, 6.07) is 6.58. The highest BCUT2D eigenvalue weighted by molar-refractivity contribution is 6.30. The first kappa shape index (κ1) is 18.5. The van der Waals surface area contributed by atoms with Crippen molar-refractivity contribution in [2.45, 2.75) is 20.3 Å². The summed E-state index contributed by atoms with van der Waals surface area (Å²) in [6.07, 6.45) is 0.751. The van der Waals surface area contributed by atoms with Crippen LogP contribution >= 0.6 is 11.6 Å². The first-order valence-corrected chi connectivity index (χ1v) is 7.75. The van der Waals surface area contributed by atoms with Gasteiger partial charge in [0.1, 0.15) is 0 Å². The minimum absolute atomic E-state index is 0.0573. The molecule has 22 heavy (non-hydrogen) atoms. The topological polar surface area (TPSA) is 67.4 Å². The molecule has 6 heteroatoms. The maximum Gasteiger partial charge on any atom is 0.251 e. The highest BCUT2D eigenvalue weighted by atomic mass is 35.5. The summed E-state index contributed by atoms with van der Waals surface area (Å²) < 4.78 is 5.41. The molecule has 0 aliphatic heterocycles. The van der Waals surface area contributed by atoms with Crippen LogP contribution in [-0.2, 0) is 9.53 Å². The van der Waals surface area contributed by atoms with Gasteiger partial charge in [-0.1, -0.05) is 31.5 Å². The van der Waals surface area contributed by atoms with Crippen molar-refractivity contribution in [2.75, 3.05) is 26.3 Å². The van der Waals surface area contributed by atoms with Gasteiger partial charge < -0.3 is 15.4 Å². The molecule has 5 nitrogen and oxygen atoms in total. The van der Waals surface area contributed by atoms with E-state index in [1.165, 1.54) is 0 Å². The van der Waals surface area contributed by atoms with E-state index in [-0.39, 0.29) is 18.4 Å². The summed E-state index contributed by atoms with van der Waals surface area (Å²) in [4.78, 5) is 23.4. The van der Waals surface area contributed by atoms with Crippen LogP contribution in [0.4, 0.5) is 0 Å². The summed E-state index contributed by atoms with van der Waals surface area (Å²) in [7, 11) is 0. The van der Waals surface area contributed by atoms with E-state index < -0.39 is 0 Å². The Kier molecular flexibility index (Phi) is 8.55. The number of halogens is 1. The van der Waals surface area contributed by atoms with Crippen LogP contribution in [0.3, 0.4) is 0 Å². The third-order valence-corrected chi connectivity index (χ3v) is 2.97. The van der Waals surface area contributed by atoms with E-state index in [1.807, 2.05) is 0 Å². The van der Waals surface area contributed by atoms with Gasteiger partial charge in [0.05, 0.1) is 6.54 Å². The van der Waals surface area contributed by atoms with Gasteiger partial charge in [0.2, 0.25) is 5.91 Å². The van der Waals surface area contributed by atoms with E-state index in [0.29, 0.717) is 29.7 Å². The molecule has 0 heterocycles. The molecule has 0 aliphatic carbocycles. The standard InChI is InChI=1S/C16H23ClN2O3/c1-12(2)11-22-8-4-7-18-15(20)10-19-16(21)13-5-3-6-14(17)9-13/h3,5-6,9,12H,4,7-8,10-11H2,1-2H3,(H,18,20)(H,19,21). The average molecular weight is 327 g/mol. The highest BCUT2D eigenvalue weighted by Gasteiger charge is 2.07. The lowest BCUT2D eigenvalue weighted by atomic mass is 10.2. The second-order valence-electron chi connectivity index (χ2n) is 5.37. The van der Waals surface area contributed by atoms with E-state index in [0.717, 1.165) is 13.0 Å². The smallest absolute Gasteiger partial charge is 0.251 e. The van der Waals surface area contributed by atoms with Crippen molar-refractivity contribution < 1.29 is 14.3 Å². The first-order chi connectivity index (χ1) is 10.5. The Morgan fingerprint density at radius 2 is 2.05 bits per heavy atom. The van der Waals surface area contributed by atoms with Gasteiger partial charge in [-0.2, -0.15) is 0 Å². The van der Waals surface area contributed by atoms with E-state index in [2.05, 4.69) is 24.5 Å². The minimum atomic E-state index is -0.321. The van der Waals surface area contributed by atoms with Gasteiger partial charge in [-0.05, 0) is 30.5 Å². The predicted octanol–water partition coefficient (Wildman–Crippen LogP) is 2.25. The molecule has 1 rings (SSSR count). The average Bonchev–Trinajstić information content (AvgIpc) is 2.48. The summed E-state index contributed by atoms with van der Waals surface area (Å²) in [5.74, 6) is -0.0338. The molecule has 1 aromatic rings. The first-order valence-electron chi connectivity index (χ1n) is 7.37. The number of ether oxygens (including phenoxy) is 1. The molecule has 0 fully saturated rings. The van der Waals surface area contributed by atoms with Crippen LogP contribution in [0.25, 0.3) is 0 Å². The Morgan fingerprint density at radius 3 is 2.73 bits per heavy atom. The molecule has 0 bridgehead atoms. The van der Waals surface area contributed by atoms with E-state index in [1.54, 1.807) is 24.3 Å². The molecule has 2 amide bonds. The summed E-state index contributed by atoms with van der Waals surface area (Å²) in [6.45, 7) is 5.99. The third kappa shape index (κ3) is 8.00. The van der Waals surface area contributed by atoms with Gasteiger partial charge in [0, 0.05) is 30.3 Å². The number of hydrogen-bond donors (Lipinski definition) is 2. The van der Waals surface area contributed by atoms with Crippen LogP contribution in [0.1, 0.15) is 30.6 Å². The fraction of sp³-hybridized carbons (Fsp3) is 0.500. The zero-order valence-corrected chi connectivity index (χ0v) is 13.8. The monoisotopic (exact) mass is 326 g/mol. The molecule has 0 atom stereocenters. The van der Waals surface area contributed by atoms with Crippen molar-refractivity contribution in [3.05, 3.63) is 34.9 Å². The zero-order chi connectivity index (χ0) is 16.4. The van der Waals surface area contributed by atoms with E-state index in [4.69, 9.17) is 16.3 Å². The molecular formula is C16H23ClN2O3. The number of rotatable bonds is 9. The Hall–Kier alpha value is -1.59. The summed E-state index contributed by atoms with van der Waals surface area (Å²) in [5, 5.41) is 5.77. The Bertz CT molecular complexity index is 492. The lowest BCUT2D eigenvalue weighted by Crippen LogP contribution is -2.37. The molecule has 0 aromatic heterocycles. The zero-order valence-electron chi connectivity index (χ0n) is 13.0. The van der Waals surface area contributed by atoms with Crippen LogP contribution in [0.2, 0.25) is 5.02 Å². The Balaban J connectivity index is 2.14. The normalized spacial score (nSPS) is 10.5. The molecular weight excluding hydrogens is 304 g/mol. The van der Waals surface area contributed by atoms with Crippen molar-refractivity contribution in [2.24, 2.45) is 5.92 Å². The summed E-state index contributed by atoms with van der Waals surface area (Å²) >= 11 is 5.81. The van der Waals surface area contributed by atoms with Gasteiger partial charge >= 0.3 is 0 Å². The predicted molar refractivity (Wildman–Crippen MR) is 87.1 cm³/mol. The van der Waals surface area contributed by atoms with Crippen LogP contribution in [-0.4, -0.2) is 38.1 Å². The van der Waals surface area contributed by atoms with Crippen molar-refractivity contribution in [1.29, 1.82) is 0 Å². The molecule has 122 valence electrons. The fourth-order valence-corrected chi connectivity index (χ4v) is 1.87. The SMILES string of the molecule is CC(C)COCCCNC(=O)CNC(=O)c1cccc(Cl)c1. The van der Waals surface area contributed by atoms with Crippen LogP contribution in [0, 0.1) is 5.92 Å².